The lowest BCUT2D eigenvalue weighted by Crippen LogP contribution is -2.12. The Hall–Kier alpha value is -1.64. The van der Waals surface area contributed by atoms with E-state index >= 15 is 0 Å². The summed E-state index contributed by atoms with van der Waals surface area (Å²) in [6.45, 7) is 6.31. The molecule has 2 heteroatoms. The van der Waals surface area contributed by atoms with Crippen molar-refractivity contribution in [3.05, 3.63) is 70.6 Å². The molecule has 0 amide bonds. The molecular weight excluding hydrogens is 274 g/mol. The summed E-state index contributed by atoms with van der Waals surface area (Å²) in [6, 6.07) is 17.6. The summed E-state index contributed by atoms with van der Waals surface area (Å²) < 4.78 is 1.37. The van der Waals surface area contributed by atoms with Gasteiger partial charge >= 0.3 is 0 Å². The van der Waals surface area contributed by atoms with Crippen LogP contribution in [0.1, 0.15) is 36.5 Å². The number of thiophene rings is 1. The van der Waals surface area contributed by atoms with Gasteiger partial charge in [0.25, 0.3) is 0 Å². The molecule has 3 rings (SSSR count). The van der Waals surface area contributed by atoms with Crippen molar-refractivity contribution in [2.45, 2.75) is 32.9 Å². The van der Waals surface area contributed by atoms with Crippen LogP contribution in [0.15, 0.2) is 53.9 Å². The van der Waals surface area contributed by atoms with Gasteiger partial charge in [-0.25, -0.2) is 0 Å². The molecule has 1 heterocycles. The maximum atomic E-state index is 3.55. The summed E-state index contributed by atoms with van der Waals surface area (Å²) in [7, 11) is 0. The van der Waals surface area contributed by atoms with Crippen LogP contribution in [0.3, 0.4) is 0 Å². The van der Waals surface area contributed by atoms with E-state index in [0.29, 0.717) is 5.92 Å². The Morgan fingerprint density at radius 3 is 2.48 bits per heavy atom. The lowest BCUT2D eigenvalue weighted by molar-refractivity contribution is 0.697. The van der Waals surface area contributed by atoms with Gasteiger partial charge in [-0.2, -0.15) is 0 Å². The van der Waals surface area contributed by atoms with E-state index < -0.39 is 0 Å². The van der Waals surface area contributed by atoms with E-state index in [1.165, 1.54) is 26.8 Å². The molecule has 0 aliphatic heterocycles. The summed E-state index contributed by atoms with van der Waals surface area (Å²) in [5.41, 5.74) is 4.15. The average Bonchev–Trinajstić information content (AvgIpc) is 2.91. The molecular formula is C19H21NS. The third kappa shape index (κ3) is 3.34. The summed E-state index contributed by atoms with van der Waals surface area (Å²) in [6.07, 6.45) is 0. The van der Waals surface area contributed by atoms with Crippen molar-refractivity contribution in [3.8, 4) is 0 Å². The molecule has 108 valence electrons. The second-order valence-electron chi connectivity index (χ2n) is 5.76. The first-order valence-electron chi connectivity index (χ1n) is 7.48. The third-order valence-corrected chi connectivity index (χ3v) is 4.86. The summed E-state index contributed by atoms with van der Waals surface area (Å²) >= 11 is 1.83. The van der Waals surface area contributed by atoms with Crippen molar-refractivity contribution in [3.63, 3.8) is 0 Å². The van der Waals surface area contributed by atoms with E-state index in [2.05, 4.69) is 73.1 Å². The van der Waals surface area contributed by atoms with E-state index in [9.17, 15) is 0 Å². The maximum Gasteiger partial charge on any atom is 0.0346 e. The topological polar surface area (TPSA) is 12.0 Å². The van der Waals surface area contributed by atoms with Gasteiger partial charge in [0, 0.05) is 17.8 Å². The van der Waals surface area contributed by atoms with Crippen molar-refractivity contribution in [2.24, 2.45) is 0 Å². The van der Waals surface area contributed by atoms with Crippen LogP contribution >= 0.6 is 11.3 Å². The zero-order valence-corrected chi connectivity index (χ0v) is 13.4. The highest BCUT2D eigenvalue weighted by molar-refractivity contribution is 7.17. The zero-order valence-electron chi connectivity index (χ0n) is 12.6. The smallest absolute Gasteiger partial charge is 0.0346 e. The number of fused-ring (bicyclic) bond motifs is 1. The van der Waals surface area contributed by atoms with Crippen LogP contribution in [-0.2, 0) is 13.1 Å². The van der Waals surface area contributed by atoms with Crippen molar-refractivity contribution < 1.29 is 0 Å². The van der Waals surface area contributed by atoms with Crippen molar-refractivity contribution in [1.82, 2.24) is 5.32 Å². The van der Waals surface area contributed by atoms with E-state index in [1.54, 1.807) is 0 Å². The lowest BCUT2D eigenvalue weighted by Gasteiger charge is -2.08. The number of nitrogens with one attached hydrogen (secondary N) is 1. The number of hydrogen-bond acceptors (Lipinski definition) is 2. The second kappa shape index (κ2) is 6.42. The second-order valence-corrected chi connectivity index (χ2v) is 6.67. The molecule has 0 unspecified atom stereocenters. The number of benzene rings is 2. The molecule has 2 aromatic carbocycles. The highest BCUT2D eigenvalue weighted by Crippen LogP contribution is 2.25. The highest BCUT2D eigenvalue weighted by Gasteiger charge is 2.03. The molecule has 1 aromatic heterocycles. The fourth-order valence-corrected chi connectivity index (χ4v) is 3.49. The maximum absolute atomic E-state index is 3.55. The van der Waals surface area contributed by atoms with E-state index in [4.69, 9.17) is 0 Å². The van der Waals surface area contributed by atoms with Crippen LogP contribution in [0.4, 0.5) is 0 Å². The molecule has 0 aliphatic carbocycles. The normalized spacial score (nSPS) is 11.4. The molecule has 0 radical (unpaired) electrons. The van der Waals surface area contributed by atoms with E-state index in [-0.39, 0.29) is 0 Å². The largest absolute Gasteiger partial charge is 0.309 e. The molecule has 21 heavy (non-hydrogen) atoms. The fourth-order valence-electron chi connectivity index (χ4n) is 2.53. The molecule has 0 bridgehead atoms. The van der Waals surface area contributed by atoms with Gasteiger partial charge in [0.1, 0.15) is 0 Å². The van der Waals surface area contributed by atoms with Crippen LogP contribution in [-0.4, -0.2) is 0 Å². The van der Waals surface area contributed by atoms with Crippen molar-refractivity contribution in [2.75, 3.05) is 0 Å². The first-order chi connectivity index (χ1) is 10.2. The van der Waals surface area contributed by atoms with Crippen LogP contribution in [0.25, 0.3) is 10.1 Å². The quantitative estimate of drug-likeness (QED) is 0.672. The first-order valence-corrected chi connectivity index (χ1v) is 8.36. The van der Waals surface area contributed by atoms with Gasteiger partial charge in [0.15, 0.2) is 0 Å². The molecule has 1 N–H and O–H groups in total. The molecule has 1 nitrogen and oxygen atoms in total. The van der Waals surface area contributed by atoms with Crippen LogP contribution < -0.4 is 5.32 Å². The fraction of sp³-hybridized carbons (Fsp3) is 0.263. The Kier molecular flexibility index (Phi) is 4.37. The average molecular weight is 295 g/mol. The van der Waals surface area contributed by atoms with Gasteiger partial charge < -0.3 is 5.32 Å². The Balaban J connectivity index is 1.61. The Labute approximate surface area is 130 Å². The van der Waals surface area contributed by atoms with Gasteiger partial charge in [-0.3, -0.25) is 0 Å². The van der Waals surface area contributed by atoms with Gasteiger partial charge in [-0.15, -0.1) is 11.3 Å². The minimum absolute atomic E-state index is 0.601. The van der Waals surface area contributed by atoms with Crippen molar-refractivity contribution >= 4 is 21.4 Å². The minimum Gasteiger partial charge on any atom is -0.309 e. The molecule has 0 atom stereocenters. The van der Waals surface area contributed by atoms with Crippen molar-refractivity contribution in [1.29, 1.82) is 0 Å². The van der Waals surface area contributed by atoms with Crippen LogP contribution in [0.5, 0.6) is 0 Å². The Bertz CT molecular complexity index is 710. The van der Waals surface area contributed by atoms with Gasteiger partial charge in [0.05, 0.1) is 0 Å². The molecule has 3 aromatic rings. The summed E-state index contributed by atoms with van der Waals surface area (Å²) in [4.78, 5) is 0. The first kappa shape index (κ1) is 14.3. The highest BCUT2D eigenvalue weighted by atomic mass is 32.1. The molecule has 0 saturated carbocycles. The summed E-state index contributed by atoms with van der Waals surface area (Å²) in [5, 5.41) is 7.19. The monoisotopic (exact) mass is 295 g/mol. The predicted molar refractivity (Wildman–Crippen MR) is 92.9 cm³/mol. The van der Waals surface area contributed by atoms with Gasteiger partial charge in [-0.1, -0.05) is 56.3 Å². The summed E-state index contributed by atoms with van der Waals surface area (Å²) in [5.74, 6) is 0.601. The third-order valence-electron chi connectivity index (χ3n) is 3.85. The molecule has 0 fully saturated rings. The predicted octanol–water partition coefficient (Wildman–Crippen LogP) is 5.31. The van der Waals surface area contributed by atoms with Crippen LogP contribution in [0, 0.1) is 0 Å². The van der Waals surface area contributed by atoms with Gasteiger partial charge in [-0.05, 0) is 39.4 Å². The SMILES string of the molecule is CC(C)c1ccc(CNCc2csc3ccccc23)cc1. The number of rotatable bonds is 5. The minimum atomic E-state index is 0.601. The van der Waals surface area contributed by atoms with E-state index in [0.717, 1.165) is 13.1 Å². The van der Waals surface area contributed by atoms with E-state index in [1.807, 2.05) is 11.3 Å². The molecule has 0 aliphatic rings. The van der Waals surface area contributed by atoms with Gasteiger partial charge in [0.2, 0.25) is 0 Å². The lowest BCUT2D eigenvalue weighted by atomic mass is 10.0. The number of hydrogen-bond donors (Lipinski definition) is 1. The Morgan fingerprint density at radius 2 is 1.71 bits per heavy atom. The molecule has 0 saturated heterocycles. The molecule has 0 spiro atoms. The standard InChI is InChI=1S/C19H21NS/c1-14(2)16-9-7-15(8-10-16)11-20-12-17-13-21-19-6-4-3-5-18(17)19/h3-10,13-14,20H,11-12H2,1-2H3. The van der Waals surface area contributed by atoms with Crippen LogP contribution in [0.2, 0.25) is 0 Å². The zero-order chi connectivity index (χ0) is 14.7. The Morgan fingerprint density at radius 1 is 0.952 bits per heavy atom.